The zero-order valence-electron chi connectivity index (χ0n) is 13.7. The largest absolute Gasteiger partial charge is 0.495 e. The van der Waals surface area contributed by atoms with Gasteiger partial charge in [-0.05, 0) is 61.6 Å². The molecule has 4 heteroatoms. The van der Waals surface area contributed by atoms with Crippen molar-refractivity contribution in [2.45, 2.75) is 25.7 Å². The Morgan fingerprint density at radius 3 is 2.83 bits per heavy atom. The lowest BCUT2D eigenvalue weighted by molar-refractivity contribution is 0.102. The van der Waals surface area contributed by atoms with Crippen LogP contribution in [0, 0.1) is 0 Å². The fourth-order valence-electron chi connectivity index (χ4n) is 3.49. The number of hydrogen-bond donors (Lipinski definition) is 2. The van der Waals surface area contributed by atoms with E-state index in [2.05, 4.69) is 10.3 Å². The number of H-pyrrole nitrogens is 1. The van der Waals surface area contributed by atoms with Crippen LogP contribution in [0.1, 0.15) is 34.5 Å². The van der Waals surface area contributed by atoms with Crippen LogP contribution in [0.4, 0.5) is 5.69 Å². The van der Waals surface area contributed by atoms with E-state index in [1.54, 1.807) is 7.11 Å². The number of hydrogen-bond acceptors (Lipinski definition) is 2. The molecule has 0 radical (unpaired) electrons. The zero-order valence-corrected chi connectivity index (χ0v) is 13.7. The molecule has 0 atom stereocenters. The van der Waals surface area contributed by atoms with Gasteiger partial charge < -0.3 is 15.0 Å². The van der Waals surface area contributed by atoms with E-state index in [-0.39, 0.29) is 5.91 Å². The molecule has 2 aromatic carbocycles. The summed E-state index contributed by atoms with van der Waals surface area (Å²) in [6.07, 6.45) is 4.65. The minimum Gasteiger partial charge on any atom is -0.495 e. The van der Waals surface area contributed by atoms with Crippen molar-refractivity contribution in [2.75, 3.05) is 12.4 Å². The topological polar surface area (TPSA) is 54.1 Å². The number of para-hydroxylation sites is 2. The number of aryl methyl sites for hydroxylation is 2. The van der Waals surface area contributed by atoms with Crippen LogP contribution in [0.3, 0.4) is 0 Å². The number of aromatic amines is 1. The van der Waals surface area contributed by atoms with Crippen LogP contribution in [0.2, 0.25) is 0 Å². The molecule has 3 aromatic rings. The molecule has 1 heterocycles. The average Bonchev–Trinajstić information content (AvgIpc) is 3.00. The predicted octanol–water partition coefficient (Wildman–Crippen LogP) is 4.31. The lowest BCUT2D eigenvalue weighted by atomic mass is 9.95. The van der Waals surface area contributed by atoms with Gasteiger partial charge in [0.15, 0.2) is 0 Å². The molecule has 24 heavy (non-hydrogen) atoms. The number of rotatable bonds is 3. The summed E-state index contributed by atoms with van der Waals surface area (Å²) in [5.41, 5.74) is 5.18. The van der Waals surface area contributed by atoms with Gasteiger partial charge in [0.25, 0.3) is 5.91 Å². The maximum atomic E-state index is 12.6. The van der Waals surface area contributed by atoms with E-state index in [4.69, 9.17) is 4.74 Å². The SMILES string of the molecule is COc1ccccc1NC(=O)c1ccc2[nH]c3c(c2c1)CCCC3. The Bertz CT molecular complexity index is 911. The van der Waals surface area contributed by atoms with Gasteiger partial charge in [-0.2, -0.15) is 0 Å². The summed E-state index contributed by atoms with van der Waals surface area (Å²) in [7, 11) is 1.60. The average molecular weight is 320 g/mol. The van der Waals surface area contributed by atoms with Crippen LogP contribution in [-0.4, -0.2) is 18.0 Å². The van der Waals surface area contributed by atoms with Crippen LogP contribution in [-0.2, 0) is 12.8 Å². The highest BCUT2D eigenvalue weighted by atomic mass is 16.5. The van der Waals surface area contributed by atoms with Gasteiger partial charge in [-0.25, -0.2) is 0 Å². The van der Waals surface area contributed by atoms with Crippen LogP contribution in [0.15, 0.2) is 42.5 Å². The second-order valence-corrected chi connectivity index (χ2v) is 6.20. The van der Waals surface area contributed by atoms with Gasteiger partial charge in [0.05, 0.1) is 12.8 Å². The summed E-state index contributed by atoms with van der Waals surface area (Å²) < 4.78 is 5.29. The van der Waals surface area contributed by atoms with Crippen molar-refractivity contribution in [1.82, 2.24) is 4.98 Å². The Kier molecular flexibility index (Phi) is 3.73. The lowest BCUT2D eigenvalue weighted by Gasteiger charge is -2.11. The van der Waals surface area contributed by atoms with E-state index in [0.717, 1.165) is 18.4 Å². The Hall–Kier alpha value is -2.75. The van der Waals surface area contributed by atoms with Gasteiger partial charge in [0.1, 0.15) is 5.75 Å². The van der Waals surface area contributed by atoms with Crippen molar-refractivity contribution in [3.63, 3.8) is 0 Å². The van der Waals surface area contributed by atoms with Crippen molar-refractivity contribution in [3.8, 4) is 5.75 Å². The zero-order chi connectivity index (χ0) is 16.5. The number of benzene rings is 2. The number of fused-ring (bicyclic) bond motifs is 3. The Labute approximate surface area is 140 Å². The van der Waals surface area contributed by atoms with E-state index in [1.165, 1.54) is 29.5 Å². The first-order chi connectivity index (χ1) is 11.8. The van der Waals surface area contributed by atoms with E-state index in [9.17, 15) is 4.79 Å². The van der Waals surface area contributed by atoms with Crippen molar-refractivity contribution < 1.29 is 9.53 Å². The summed E-state index contributed by atoms with van der Waals surface area (Å²) in [6.45, 7) is 0. The molecule has 1 aliphatic carbocycles. The van der Waals surface area contributed by atoms with E-state index >= 15 is 0 Å². The molecule has 0 saturated heterocycles. The minimum atomic E-state index is -0.118. The fourth-order valence-corrected chi connectivity index (χ4v) is 3.49. The van der Waals surface area contributed by atoms with Crippen molar-refractivity contribution >= 4 is 22.5 Å². The molecule has 4 rings (SSSR count). The van der Waals surface area contributed by atoms with Gasteiger partial charge in [0, 0.05) is 22.2 Å². The highest BCUT2D eigenvalue weighted by Crippen LogP contribution is 2.30. The molecule has 4 nitrogen and oxygen atoms in total. The molecule has 0 aliphatic heterocycles. The molecular weight excluding hydrogens is 300 g/mol. The maximum absolute atomic E-state index is 12.6. The number of anilines is 1. The number of nitrogens with one attached hydrogen (secondary N) is 2. The summed E-state index contributed by atoms with van der Waals surface area (Å²) in [5, 5.41) is 4.12. The molecule has 0 spiro atoms. The number of ether oxygens (including phenoxy) is 1. The van der Waals surface area contributed by atoms with Crippen molar-refractivity contribution in [1.29, 1.82) is 0 Å². The molecule has 0 unspecified atom stereocenters. The monoisotopic (exact) mass is 320 g/mol. The highest BCUT2D eigenvalue weighted by molar-refractivity contribution is 6.07. The van der Waals surface area contributed by atoms with Crippen molar-refractivity contribution in [3.05, 3.63) is 59.3 Å². The number of carbonyl (C=O) groups excluding carboxylic acids is 1. The number of aromatic nitrogens is 1. The van der Waals surface area contributed by atoms with Gasteiger partial charge in [-0.1, -0.05) is 12.1 Å². The minimum absolute atomic E-state index is 0.118. The van der Waals surface area contributed by atoms with E-state index < -0.39 is 0 Å². The molecule has 0 bridgehead atoms. The van der Waals surface area contributed by atoms with E-state index in [1.807, 2.05) is 42.5 Å². The smallest absolute Gasteiger partial charge is 0.255 e. The Morgan fingerprint density at radius 1 is 1.12 bits per heavy atom. The Balaban J connectivity index is 1.67. The molecule has 0 saturated carbocycles. The third-order valence-corrected chi connectivity index (χ3v) is 4.72. The number of amides is 1. The third-order valence-electron chi connectivity index (χ3n) is 4.72. The molecule has 1 aliphatic rings. The second kappa shape index (κ2) is 6.04. The lowest BCUT2D eigenvalue weighted by Crippen LogP contribution is -2.12. The fraction of sp³-hybridized carbons (Fsp3) is 0.250. The quantitative estimate of drug-likeness (QED) is 0.755. The molecule has 0 fully saturated rings. The van der Waals surface area contributed by atoms with Crippen molar-refractivity contribution in [2.24, 2.45) is 0 Å². The summed E-state index contributed by atoms with van der Waals surface area (Å²) in [5.74, 6) is 0.540. The van der Waals surface area contributed by atoms with Gasteiger partial charge in [0.2, 0.25) is 0 Å². The molecular formula is C20H20N2O2. The highest BCUT2D eigenvalue weighted by Gasteiger charge is 2.17. The molecule has 1 amide bonds. The normalized spacial score (nSPS) is 13.5. The van der Waals surface area contributed by atoms with Gasteiger partial charge >= 0.3 is 0 Å². The Morgan fingerprint density at radius 2 is 1.96 bits per heavy atom. The first-order valence-electron chi connectivity index (χ1n) is 8.34. The second-order valence-electron chi connectivity index (χ2n) is 6.20. The standard InChI is InChI=1S/C20H20N2O2/c1-24-19-9-5-4-8-18(19)22-20(23)13-10-11-17-15(12-13)14-6-2-3-7-16(14)21-17/h4-5,8-12,21H,2-3,6-7H2,1H3,(H,22,23). The van der Waals surface area contributed by atoms with Crippen LogP contribution < -0.4 is 10.1 Å². The number of methoxy groups -OCH3 is 1. The summed E-state index contributed by atoms with van der Waals surface area (Å²) in [4.78, 5) is 16.1. The van der Waals surface area contributed by atoms with Crippen LogP contribution >= 0.6 is 0 Å². The van der Waals surface area contributed by atoms with Gasteiger partial charge in [-0.15, -0.1) is 0 Å². The summed E-state index contributed by atoms with van der Waals surface area (Å²) in [6, 6.07) is 13.3. The number of carbonyl (C=O) groups is 1. The third kappa shape index (κ3) is 2.54. The van der Waals surface area contributed by atoms with Crippen LogP contribution in [0.25, 0.3) is 10.9 Å². The summed E-state index contributed by atoms with van der Waals surface area (Å²) >= 11 is 0. The first kappa shape index (κ1) is 14.8. The van der Waals surface area contributed by atoms with E-state index in [0.29, 0.717) is 17.0 Å². The maximum Gasteiger partial charge on any atom is 0.255 e. The van der Waals surface area contributed by atoms with Crippen LogP contribution in [0.5, 0.6) is 5.75 Å². The van der Waals surface area contributed by atoms with Gasteiger partial charge in [-0.3, -0.25) is 4.79 Å². The molecule has 2 N–H and O–H groups in total. The predicted molar refractivity (Wildman–Crippen MR) is 95.9 cm³/mol. The molecule has 1 aromatic heterocycles. The molecule has 122 valence electrons. The first-order valence-corrected chi connectivity index (χ1v) is 8.34.